The van der Waals surface area contributed by atoms with Crippen LogP contribution >= 0.6 is 0 Å². The first kappa shape index (κ1) is 11.6. The SMILES string of the molecule is c1ccc(COCC[C@@H]2CCCCN2)nc1. The Balaban J connectivity index is 1.58. The molecule has 0 radical (unpaired) electrons. The Bertz CT molecular complexity index is 283. The topological polar surface area (TPSA) is 34.1 Å². The van der Waals surface area contributed by atoms with Gasteiger partial charge in [0.15, 0.2) is 0 Å². The third kappa shape index (κ3) is 3.91. The van der Waals surface area contributed by atoms with Crippen molar-refractivity contribution in [3.8, 4) is 0 Å². The van der Waals surface area contributed by atoms with E-state index in [1.54, 1.807) is 6.20 Å². The summed E-state index contributed by atoms with van der Waals surface area (Å²) < 4.78 is 5.62. The van der Waals surface area contributed by atoms with Crippen LogP contribution in [0, 0.1) is 0 Å². The highest BCUT2D eigenvalue weighted by atomic mass is 16.5. The molecule has 1 atom stereocenters. The van der Waals surface area contributed by atoms with Crippen LogP contribution in [0.25, 0.3) is 0 Å². The highest BCUT2D eigenvalue weighted by Crippen LogP contribution is 2.10. The molecule has 1 aromatic heterocycles. The van der Waals surface area contributed by atoms with Gasteiger partial charge < -0.3 is 10.1 Å². The van der Waals surface area contributed by atoms with Crippen molar-refractivity contribution in [1.82, 2.24) is 10.3 Å². The minimum Gasteiger partial charge on any atom is -0.375 e. The second kappa shape index (κ2) is 6.61. The largest absolute Gasteiger partial charge is 0.375 e. The van der Waals surface area contributed by atoms with Crippen molar-refractivity contribution in [3.05, 3.63) is 30.1 Å². The van der Waals surface area contributed by atoms with Gasteiger partial charge in [-0.3, -0.25) is 4.98 Å². The molecule has 0 bridgehead atoms. The lowest BCUT2D eigenvalue weighted by molar-refractivity contribution is 0.106. The lowest BCUT2D eigenvalue weighted by Gasteiger charge is -2.23. The molecule has 0 unspecified atom stereocenters. The summed E-state index contributed by atoms with van der Waals surface area (Å²) in [6, 6.07) is 6.58. The van der Waals surface area contributed by atoms with Gasteiger partial charge in [0.1, 0.15) is 0 Å². The average Bonchev–Trinajstić information content (AvgIpc) is 2.37. The smallest absolute Gasteiger partial charge is 0.0887 e. The first-order chi connectivity index (χ1) is 7.95. The summed E-state index contributed by atoms with van der Waals surface area (Å²) in [4.78, 5) is 4.22. The molecule has 0 spiro atoms. The van der Waals surface area contributed by atoms with Crippen LogP contribution in [0.5, 0.6) is 0 Å². The van der Waals surface area contributed by atoms with Crippen LogP contribution in [-0.4, -0.2) is 24.2 Å². The van der Waals surface area contributed by atoms with E-state index >= 15 is 0 Å². The van der Waals surface area contributed by atoms with Crippen LogP contribution in [-0.2, 0) is 11.3 Å². The number of rotatable bonds is 5. The van der Waals surface area contributed by atoms with Crippen molar-refractivity contribution >= 4 is 0 Å². The van der Waals surface area contributed by atoms with Gasteiger partial charge in [0.25, 0.3) is 0 Å². The van der Waals surface area contributed by atoms with Gasteiger partial charge >= 0.3 is 0 Å². The molecule has 16 heavy (non-hydrogen) atoms. The van der Waals surface area contributed by atoms with E-state index in [1.807, 2.05) is 18.2 Å². The Kier molecular flexibility index (Phi) is 4.77. The zero-order valence-electron chi connectivity index (χ0n) is 9.69. The molecule has 1 fully saturated rings. The van der Waals surface area contributed by atoms with Gasteiger partial charge in [-0.2, -0.15) is 0 Å². The van der Waals surface area contributed by atoms with Gasteiger partial charge in [-0.05, 0) is 37.9 Å². The molecular weight excluding hydrogens is 200 g/mol. The first-order valence-electron chi connectivity index (χ1n) is 6.16. The van der Waals surface area contributed by atoms with Crippen molar-refractivity contribution in [2.45, 2.75) is 38.3 Å². The summed E-state index contributed by atoms with van der Waals surface area (Å²) in [5.41, 5.74) is 1.01. The van der Waals surface area contributed by atoms with Crippen LogP contribution in [0.3, 0.4) is 0 Å². The summed E-state index contributed by atoms with van der Waals surface area (Å²) in [7, 11) is 0. The molecule has 88 valence electrons. The third-order valence-electron chi connectivity index (χ3n) is 3.00. The molecular formula is C13H20N2O. The molecule has 0 saturated carbocycles. The highest BCUT2D eigenvalue weighted by Gasteiger charge is 2.11. The number of ether oxygens (including phenoxy) is 1. The van der Waals surface area contributed by atoms with Crippen LogP contribution < -0.4 is 5.32 Å². The summed E-state index contributed by atoms with van der Waals surface area (Å²) in [6.45, 7) is 2.63. The fraction of sp³-hybridized carbons (Fsp3) is 0.615. The zero-order valence-corrected chi connectivity index (χ0v) is 9.69. The number of hydrogen-bond acceptors (Lipinski definition) is 3. The first-order valence-corrected chi connectivity index (χ1v) is 6.16. The van der Waals surface area contributed by atoms with E-state index in [0.717, 1.165) is 18.7 Å². The quantitative estimate of drug-likeness (QED) is 0.772. The lowest BCUT2D eigenvalue weighted by atomic mass is 10.0. The second-order valence-corrected chi connectivity index (χ2v) is 4.31. The van der Waals surface area contributed by atoms with Crippen molar-refractivity contribution in [3.63, 3.8) is 0 Å². The number of piperidine rings is 1. The minimum atomic E-state index is 0.633. The van der Waals surface area contributed by atoms with E-state index in [2.05, 4.69) is 10.3 Å². The molecule has 2 rings (SSSR count). The molecule has 1 saturated heterocycles. The predicted molar refractivity (Wildman–Crippen MR) is 64.2 cm³/mol. The van der Waals surface area contributed by atoms with Crippen LogP contribution in [0.4, 0.5) is 0 Å². The minimum absolute atomic E-state index is 0.633. The van der Waals surface area contributed by atoms with Crippen LogP contribution in [0.1, 0.15) is 31.4 Å². The number of aromatic nitrogens is 1. The number of nitrogens with zero attached hydrogens (tertiary/aromatic N) is 1. The summed E-state index contributed by atoms with van der Waals surface area (Å²) in [5.74, 6) is 0. The van der Waals surface area contributed by atoms with Gasteiger partial charge in [0.2, 0.25) is 0 Å². The zero-order chi connectivity index (χ0) is 11.1. The maximum atomic E-state index is 5.62. The monoisotopic (exact) mass is 220 g/mol. The van der Waals surface area contributed by atoms with Crippen molar-refractivity contribution in [2.75, 3.05) is 13.2 Å². The van der Waals surface area contributed by atoms with Crippen molar-refractivity contribution in [2.24, 2.45) is 0 Å². The van der Waals surface area contributed by atoms with Gasteiger partial charge in [-0.15, -0.1) is 0 Å². The van der Waals surface area contributed by atoms with Gasteiger partial charge in [-0.25, -0.2) is 0 Å². The number of nitrogens with one attached hydrogen (secondary N) is 1. The summed E-state index contributed by atoms with van der Waals surface area (Å²) in [6.07, 6.45) is 6.91. The maximum Gasteiger partial charge on any atom is 0.0887 e. The van der Waals surface area contributed by atoms with E-state index in [0.29, 0.717) is 12.6 Å². The Morgan fingerprint density at radius 1 is 1.38 bits per heavy atom. The van der Waals surface area contributed by atoms with E-state index in [1.165, 1.54) is 25.8 Å². The second-order valence-electron chi connectivity index (χ2n) is 4.31. The van der Waals surface area contributed by atoms with E-state index in [4.69, 9.17) is 4.74 Å². The molecule has 1 aliphatic heterocycles. The number of pyridine rings is 1. The predicted octanol–water partition coefficient (Wildman–Crippen LogP) is 2.13. The molecule has 1 aliphatic rings. The number of hydrogen-bond donors (Lipinski definition) is 1. The van der Waals surface area contributed by atoms with E-state index in [9.17, 15) is 0 Å². The fourth-order valence-electron chi connectivity index (χ4n) is 2.06. The van der Waals surface area contributed by atoms with Gasteiger partial charge in [0, 0.05) is 18.8 Å². The molecule has 0 amide bonds. The Hall–Kier alpha value is -0.930. The molecule has 0 aliphatic carbocycles. The Morgan fingerprint density at radius 2 is 2.38 bits per heavy atom. The van der Waals surface area contributed by atoms with Crippen LogP contribution in [0.2, 0.25) is 0 Å². The molecule has 3 heteroatoms. The maximum absolute atomic E-state index is 5.62. The summed E-state index contributed by atoms with van der Waals surface area (Å²) >= 11 is 0. The highest BCUT2D eigenvalue weighted by molar-refractivity contribution is 5.01. The average molecular weight is 220 g/mol. The molecule has 0 aromatic carbocycles. The Labute approximate surface area is 97.2 Å². The molecule has 1 N–H and O–H groups in total. The van der Waals surface area contributed by atoms with Crippen molar-refractivity contribution < 1.29 is 4.74 Å². The van der Waals surface area contributed by atoms with Gasteiger partial charge in [0.05, 0.1) is 12.3 Å². The molecule has 1 aromatic rings. The summed E-state index contributed by atoms with van der Waals surface area (Å²) in [5, 5.41) is 3.52. The standard InChI is InChI=1S/C13H20N2O/c1-3-8-14-12(5-1)7-10-16-11-13-6-2-4-9-15-13/h2,4,6,9,12,14H,1,3,5,7-8,10-11H2/t12-/m0/s1. The lowest BCUT2D eigenvalue weighted by Crippen LogP contribution is -2.34. The Morgan fingerprint density at radius 3 is 3.12 bits per heavy atom. The molecule has 2 heterocycles. The van der Waals surface area contributed by atoms with E-state index < -0.39 is 0 Å². The fourth-order valence-corrected chi connectivity index (χ4v) is 2.06. The van der Waals surface area contributed by atoms with E-state index in [-0.39, 0.29) is 0 Å². The van der Waals surface area contributed by atoms with Crippen molar-refractivity contribution in [1.29, 1.82) is 0 Å². The molecule has 3 nitrogen and oxygen atoms in total. The normalized spacial score (nSPS) is 20.9. The van der Waals surface area contributed by atoms with Gasteiger partial charge in [-0.1, -0.05) is 12.5 Å². The van der Waals surface area contributed by atoms with Crippen LogP contribution in [0.15, 0.2) is 24.4 Å². The third-order valence-corrected chi connectivity index (χ3v) is 3.00.